The summed E-state index contributed by atoms with van der Waals surface area (Å²) >= 11 is 0. The van der Waals surface area contributed by atoms with E-state index in [1.165, 1.54) is 49.3 Å². The fraction of sp³-hybridized carbons (Fsp3) is 0.364. The first-order chi connectivity index (χ1) is 12.9. The molecule has 2 aromatic carbocycles. The molecule has 2 heterocycles. The summed E-state index contributed by atoms with van der Waals surface area (Å²) < 4.78 is 4.35. The Bertz CT molecular complexity index is 996. The molecule has 0 spiro atoms. The minimum Gasteiger partial charge on any atom is -0.332 e. The Labute approximate surface area is 154 Å². The zero-order chi connectivity index (χ0) is 17.8. The molecule has 0 bridgehead atoms. The van der Waals surface area contributed by atoms with E-state index in [0.29, 0.717) is 0 Å². The number of aromatic nitrogens is 4. The first-order valence-electron chi connectivity index (χ1n) is 9.77. The van der Waals surface area contributed by atoms with Crippen molar-refractivity contribution in [2.24, 2.45) is 0 Å². The zero-order valence-corrected chi connectivity index (χ0v) is 15.4. The molecule has 26 heavy (non-hydrogen) atoms. The van der Waals surface area contributed by atoms with Gasteiger partial charge in [-0.05, 0) is 18.6 Å². The third-order valence-electron chi connectivity index (χ3n) is 5.07. The molecule has 2 aromatic heterocycles. The summed E-state index contributed by atoms with van der Waals surface area (Å²) in [5, 5.41) is 11.3. The van der Waals surface area contributed by atoms with Crippen molar-refractivity contribution in [3.05, 3.63) is 54.7 Å². The number of unbranched alkanes of at least 4 members (excludes halogenated alkanes) is 5. The minimum absolute atomic E-state index is 0.934. The summed E-state index contributed by atoms with van der Waals surface area (Å²) in [5.74, 6) is 1.13. The monoisotopic (exact) mass is 346 g/mol. The summed E-state index contributed by atoms with van der Waals surface area (Å²) in [7, 11) is 0. The number of aryl methyl sites for hydroxylation is 1. The van der Waals surface area contributed by atoms with Gasteiger partial charge < -0.3 is 4.57 Å². The molecule has 0 N–H and O–H groups in total. The van der Waals surface area contributed by atoms with Crippen molar-refractivity contribution < 1.29 is 0 Å². The van der Waals surface area contributed by atoms with Gasteiger partial charge in [0.2, 0.25) is 0 Å². The maximum absolute atomic E-state index is 4.46. The Kier molecular flexibility index (Phi) is 5.00. The van der Waals surface area contributed by atoms with E-state index in [1.807, 2.05) is 22.9 Å². The van der Waals surface area contributed by atoms with E-state index in [9.17, 15) is 0 Å². The van der Waals surface area contributed by atoms with E-state index >= 15 is 0 Å². The van der Waals surface area contributed by atoms with Crippen LogP contribution in [0.2, 0.25) is 0 Å². The minimum atomic E-state index is 0.934. The summed E-state index contributed by atoms with van der Waals surface area (Å²) in [6.07, 6.45) is 10.1. The van der Waals surface area contributed by atoms with Gasteiger partial charge in [0.05, 0.1) is 5.52 Å². The number of benzene rings is 2. The van der Waals surface area contributed by atoms with Crippen LogP contribution < -0.4 is 0 Å². The first kappa shape index (κ1) is 16.8. The van der Waals surface area contributed by atoms with Gasteiger partial charge in [-0.25, -0.2) is 0 Å². The lowest BCUT2D eigenvalue weighted by Crippen LogP contribution is -2.07. The Morgan fingerprint density at radius 1 is 0.846 bits per heavy atom. The van der Waals surface area contributed by atoms with Crippen LogP contribution in [0.5, 0.6) is 0 Å². The molecule has 134 valence electrons. The number of nitrogens with zero attached hydrogens (tertiary/aromatic N) is 4. The second-order valence-corrected chi connectivity index (χ2v) is 6.99. The normalized spacial score (nSPS) is 11.6. The molecule has 0 fully saturated rings. The Morgan fingerprint density at radius 2 is 1.62 bits per heavy atom. The van der Waals surface area contributed by atoms with Gasteiger partial charge in [0.25, 0.3) is 0 Å². The summed E-state index contributed by atoms with van der Waals surface area (Å²) in [6.45, 7) is 3.28. The first-order valence-corrected chi connectivity index (χ1v) is 9.77. The highest BCUT2D eigenvalue weighted by atomic mass is 15.5. The molecule has 0 aliphatic rings. The molecule has 0 saturated heterocycles. The van der Waals surface area contributed by atoms with Gasteiger partial charge in [-0.1, -0.05) is 80.6 Å². The van der Waals surface area contributed by atoms with E-state index < -0.39 is 0 Å². The second kappa shape index (κ2) is 7.73. The highest BCUT2D eigenvalue weighted by Crippen LogP contribution is 2.27. The van der Waals surface area contributed by atoms with Gasteiger partial charge in [-0.3, -0.25) is 0 Å². The molecule has 4 aromatic rings. The average Bonchev–Trinajstić information content (AvgIpc) is 3.25. The van der Waals surface area contributed by atoms with Crippen LogP contribution in [0.1, 0.15) is 45.4 Å². The molecule has 0 unspecified atom stereocenters. The average molecular weight is 346 g/mol. The van der Waals surface area contributed by atoms with Crippen molar-refractivity contribution >= 4 is 21.8 Å². The van der Waals surface area contributed by atoms with Crippen LogP contribution in [0.4, 0.5) is 0 Å². The topological polar surface area (TPSA) is 35.6 Å². The van der Waals surface area contributed by atoms with Crippen LogP contribution in [-0.2, 0) is 6.54 Å². The Balaban J connectivity index is 1.66. The Morgan fingerprint density at radius 3 is 2.54 bits per heavy atom. The maximum Gasteiger partial charge on any atom is 0.144 e. The Hall–Kier alpha value is -2.62. The summed E-state index contributed by atoms with van der Waals surface area (Å²) in [6, 6.07) is 16.7. The smallest absolute Gasteiger partial charge is 0.144 e. The lowest BCUT2D eigenvalue weighted by atomic mass is 10.1. The van der Waals surface area contributed by atoms with Gasteiger partial charge >= 0.3 is 0 Å². The molecule has 0 aliphatic carbocycles. The lowest BCUT2D eigenvalue weighted by Gasteiger charge is -2.10. The van der Waals surface area contributed by atoms with Gasteiger partial charge in [0, 0.05) is 23.5 Å². The van der Waals surface area contributed by atoms with Crippen molar-refractivity contribution in [2.45, 2.75) is 52.0 Å². The fourth-order valence-corrected chi connectivity index (χ4v) is 3.69. The van der Waals surface area contributed by atoms with Gasteiger partial charge in [-0.2, -0.15) is 4.68 Å². The van der Waals surface area contributed by atoms with Crippen LogP contribution >= 0.6 is 0 Å². The van der Waals surface area contributed by atoms with Gasteiger partial charge in [0.15, 0.2) is 0 Å². The number of hydrogen-bond acceptors (Lipinski definition) is 2. The highest BCUT2D eigenvalue weighted by molar-refractivity contribution is 5.91. The number of hydrogen-bond donors (Lipinski definition) is 0. The van der Waals surface area contributed by atoms with Crippen molar-refractivity contribution in [1.82, 2.24) is 19.6 Å². The van der Waals surface area contributed by atoms with Crippen LogP contribution in [0.25, 0.3) is 27.6 Å². The molecule has 0 saturated carbocycles. The van der Waals surface area contributed by atoms with E-state index in [-0.39, 0.29) is 0 Å². The number of para-hydroxylation sites is 1. The third-order valence-corrected chi connectivity index (χ3v) is 5.07. The van der Waals surface area contributed by atoms with E-state index in [1.54, 1.807) is 0 Å². The molecule has 4 nitrogen and oxygen atoms in total. The quantitative estimate of drug-likeness (QED) is 0.382. The van der Waals surface area contributed by atoms with Crippen LogP contribution in [0.15, 0.2) is 54.7 Å². The largest absolute Gasteiger partial charge is 0.332 e. The van der Waals surface area contributed by atoms with E-state index in [4.69, 9.17) is 0 Å². The molecule has 0 atom stereocenters. The van der Waals surface area contributed by atoms with Gasteiger partial charge in [-0.15, -0.1) is 5.10 Å². The summed E-state index contributed by atoms with van der Waals surface area (Å²) in [4.78, 5) is 0. The molecule has 0 amide bonds. The molecule has 0 radical (unpaired) electrons. The van der Waals surface area contributed by atoms with Crippen LogP contribution in [0, 0.1) is 0 Å². The fourth-order valence-electron chi connectivity index (χ4n) is 3.69. The molecular weight excluding hydrogens is 320 g/mol. The van der Waals surface area contributed by atoms with Crippen molar-refractivity contribution in [3.63, 3.8) is 0 Å². The predicted molar refractivity (Wildman–Crippen MR) is 108 cm³/mol. The molecule has 0 aliphatic heterocycles. The third kappa shape index (κ3) is 3.24. The van der Waals surface area contributed by atoms with Crippen LogP contribution in [-0.4, -0.2) is 19.6 Å². The van der Waals surface area contributed by atoms with Crippen molar-refractivity contribution in [3.8, 4) is 5.82 Å². The lowest BCUT2D eigenvalue weighted by molar-refractivity contribution is 0.552. The SMILES string of the molecule is CCCCCCCCn1cc2ccccc2c1-n1nnc2ccccc21. The molecule has 4 heteroatoms. The predicted octanol–water partition coefficient (Wildman–Crippen LogP) is 5.74. The van der Waals surface area contributed by atoms with E-state index in [2.05, 4.69) is 58.3 Å². The maximum atomic E-state index is 4.46. The highest BCUT2D eigenvalue weighted by Gasteiger charge is 2.14. The number of fused-ring (bicyclic) bond motifs is 2. The number of rotatable bonds is 8. The zero-order valence-electron chi connectivity index (χ0n) is 15.4. The van der Waals surface area contributed by atoms with Crippen molar-refractivity contribution in [2.75, 3.05) is 0 Å². The van der Waals surface area contributed by atoms with Crippen molar-refractivity contribution in [1.29, 1.82) is 0 Å². The van der Waals surface area contributed by atoms with Crippen LogP contribution in [0.3, 0.4) is 0 Å². The molecule has 4 rings (SSSR count). The summed E-state index contributed by atoms with van der Waals surface area (Å²) in [5.41, 5.74) is 1.99. The van der Waals surface area contributed by atoms with E-state index in [0.717, 1.165) is 23.4 Å². The molecular formula is C22H26N4. The standard InChI is InChI=1S/C22H26N4/c1-2-3-4-5-6-11-16-25-17-18-12-7-8-13-19(18)22(25)26-21-15-10-9-14-20(21)23-24-26/h7-10,12-15,17H,2-6,11,16H2,1H3. The second-order valence-electron chi connectivity index (χ2n) is 6.99. The van der Waals surface area contributed by atoms with Gasteiger partial charge in [0.1, 0.15) is 11.3 Å².